The van der Waals surface area contributed by atoms with Crippen LogP contribution in [-0.2, 0) is 4.79 Å². The van der Waals surface area contributed by atoms with Crippen LogP contribution in [0.25, 0.3) is 0 Å². The maximum absolute atomic E-state index is 12.4. The van der Waals surface area contributed by atoms with Gasteiger partial charge in [-0.3, -0.25) is 9.69 Å². The first kappa shape index (κ1) is 16.1. The Labute approximate surface area is 127 Å². The summed E-state index contributed by atoms with van der Waals surface area (Å²) in [4.78, 5) is 16.9. The van der Waals surface area contributed by atoms with Gasteiger partial charge < -0.3 is 10.6 Å². The Morgan fingerprint density at radius 3 is 2.35 bits per heavy atom. The largest absolute Gasteiger partial charge is 0.343 e. The molecule has 0 aromatic rings. The third-order valence-electron chi connectivity index (χ3n) is 4.36. The van der Waals surface area contributed by atoms with Gasteiger partial charge >= 0.3 is 0 Å². The second-order valence-electron chi connectivity index (χ2n) is 6.25. The van der Waals surface area contributed by atoms with Crippen LogP contribution in [0, 0.1) is 0 Å². The first-order valence-corrected chi connectivity index (χ1v) is 8.91. The van der Waals surface area contributed by atoms with E-state index in [9.17, 15) is 4.79 Å². The summed E-state index contributed by atoms with van der Waals surface area (Å²) < 4.78 is 0. The molecule has 2 N–H and O–H groups in total. The van der Waals surface area contributed by atoms with E-state index >= 15 is 0 Å². The van der Waals surface area contributed by atoms with Gasteiger partial charge in [-0.1, -0.05) is 13.8 Å². The van der Waals surface area contributed by atoms with E-state index in [1.54, 1.807) is 0 Å². The third-order valence-corrected chi connectivity index (χ3v) is 5.58. The summed E-state index contributed by atoms with van der Waals surface area (Å²) in [5, 5.41) is 1.27. The molecule has 116 valence electrons. The first-order chi connectivity index (χ1) is 9.60. The zero-order valence-corrected chi connectivity index (χ0v) is 13.7. The van der Waals surface area contributed by atoms with Crippen molar-refractivity contribution in [2.75, 3.05) is 32.7 Å². The van der Waals surface area contributed by atoms with Gasteiger partial charge in [0.2, 0.25) is 5.91 Å². The molecular formula is C15H29N3OS. The predicted octanol–water partition coefficient (Wildman–Crippen LogP) is 1.54. The van der Waals surface area contributed by atoms with Gasteiger partial charge in [-0.2, -0.15) is 11.8 Å². The molecule has 0 aromatic carbocycles. The van der Waals surface area contributed by atoms with Crippen LogP contribution in [0.15, 0.2) is 0 Å². The van der Waals surface area contributed by atoms with E-state index in [0.29, 0.717) is 29.4 Å². The molecule has 0 aliphatic carbocycles. The van der Waals surface area contributed by atoms with Crippen molar-refractivity contribution in [3.63, 3.8) is 0 Å². The van der Waals surface area contributed by atoms with Gasteiger partial charge in [-0.25, -0.2) is 0 Å². The second kappa shape index (κ2) is 7.66. The van der Waals surface area contributed by atoms with Gasteiger partial charge in [-0.15, -0.1) is 0 Å². The van der Waals surface area contributed by atoms with Crippen LogP contribution in [0.1, 0.15) is 39.5 Å². The maximum atomic E-state index is 12.4. The van der Waals surface area contributed by atoms with Gasteiger partial charge in [0.1, 0.15) is 0 Å². The highest BCUT2D eigenvalue weighted by atomic mass is 32.2. The highest BCUT2D eigenvalue weighted by Gasteiger charge is 2.29. The molecular weight excluding hydrogens is 270 g/mol. The van der Waals surface area contributed by atoms with Crippen LogP contribution in [0.3, 0.4) is 0 Å². The minimum atomic E-state index is 0.218. The fourth-order valence-corrected chi connectivity index (χ4v) is 4.70. The summed E-state index contributed by atoms with van der Waals surface area (Å²) in [6, 6.07) is 0.218. The molecule has 0 radical (unpaired) electrons. The topological polar surface area (TPSA) is 49.6 Å². The molecule has 5 heteroatoms. The lowest BCUT2D eigenvalue weighted by molar-refractivity contribution is -0.133. The van der Waals surface area contributed by atoms with Crippen molar-refractivity contribution < 1.29 is 4.79 Å². The van der Waals surface area contributed by atoms with E-state index in [2.05, 4.69) is 18.7 Å². The number of rotatable bonds is 4. The summed E-state index contributed by atoms with van der Waals surface area (Å²) in [6.07, 6.45) is 4.18. The third kappa shape index (κ3) is 4.37. The number of hydrogen-bond donors (Lipinski definition) is 1. The highest BCUT2D eigenvalue weighted by Crippen LogP contribution is 2.26. The smallest absolute Gasteiger partial charge is 0.224 e. The monoisotopic (exact) mass is 299 g/mol. The lowest BCUT2D eigenvalue weighted by Gasteiger charge is -2.40. The summed E-state index contributed by atoms with van der Waals surface area (Å²) in [5.74, 6) is 0.304. The Balaban J connectivity index is 1.88. The van der Waals surface area contributed by atoms with Crippen LogP contribution in [0.4, 0.5) is 0 Å². The fourth-order valence-electron chi connectivity index (χ4n) is 3.35. The average Bonchev–Trinajstić information content (AvgIpc) is 2.44. The van der Waals surface area contributed by atoms with Crippen molar-refractivity contribution in [2.45, 2.75) is 56.1 Å². The Kier molecular flexibility index (Phi) is 6.18. The van der Waals surface area contributed by atoms with Crippen molar-refractivity contribution >= 4 is 17.7 Å². The number of piperidine rings is 1. The number of nitrogens with zero attached hydrogens (tertiary/aromatic N) is 2. The zero-order chi connectivity index (χ0) is 14.5. The van der Waals surface area contributed by atoms with E-state index in [0.717, 1.165) is 39.0 Å². The Morgan fingerprint density at radius 1 is 1.20 bits per heavy atom. The van der Waals surface area contributed by atoms with Gasteiger partial charge in [0.05, 0.1) is 0 Å². The minimum Gasteiger partial charge on any atom is -0.343 e. The molecule has 1 amide bonds. The lowest BCUT2D eigenvalue weighted by atomic mass is 10.1. The fraction of sp³-hybridized carbons (Fsp3) is 0.933. The van der Waals surface area contributed by atoms with Gasteiger partial charge in [0, 0.05) is 55.7 Å². The van der Waals surface area contributed by atoms with E-state index in [1.807, 2.05) is 16.7 Å². The SMILES string of the molecule is CC1CN(C(CN)CC(=O)N2CCCCC2)CC(C)S1. The number of likely N-dealkylation sites (tertiary alicyclic amines) is 1. The highest BCUT2D eigenvalue weighted by molar-refractivity contribution is 8.00. The summed E-state index contributed by atoms with van der Waals surface area (Å²) in [6.45, 7) is 9.14. The molecule has 0 saturated carbocycles. The van der Waals surface area contributed by atoms with Crippen molar-refractivity contribution in [1.82, 2.24) is 9.80 Å². The summed E-state index contributed by atoms with van der Waals surface area (Å²) in [5.41, 5.74) is 5.95. The molecule has 2 heterocycles. The molecule has 3 atom stereocenters. The minimum absolute atomic E-state index is 0.218. The van der Waals surface area contributed by atoms with Crippen LogP contribution in [0.5, 0.6) is 0 Å². The van der Waals surface area contributed by atoms with E-state index in [4.69, 9.17) is 5.73 Å². The molecule has 2 saturated heterocycles. The molecule has 2 aliphatic rings. The molecule has 2 aliphatic heterocycles. The van der Waals surface area contributed by atoms with E-state index in [1.165, 1.54) is 6.42 Å². The number of thioether (sulfide) groups is 1. The van der Waals surface area contributed by atoms with Crippen LogP contribution in [-0.4, -0.2) is 65.0 Å². The quantitative estimate of drug-likeness (QED) is 0.855. The van der Waals surface area contributed by atoms with Crippen molar-refractivity contribution in [2.24, 2.45) is 5.73 Å². The molecule has 20 heavy (non-hydrogen) atoms. The number of amides is 1. The number of carbonyl (C=O) groups is 1. The molecule has 4 nitrogen and oxygen atoms in total. The normalized spacial score (nSPS) is 30.2. The van der Waals surface area contributed by atoms with E-state index in [-0.39, 0.29) is 6.04 Å². The number of nitrogens with two attached hydrogens (primary N) is 1. The Bertz CT molecular complexity index is 310. The van der Waals surface area contributed by atoms with Crippen LogP contribution < -0.4 is 5.73 Å². The van der Waals surface area contributed by atoms with Gasteiger partial charge in [0.15, 0.2) is 0 Å². The first-order valence-electron chi connectivity index (χ1n) is 7.97. The van der Waals surface area contributed by atoms with Gasteiger partial charge in [0.25, 0.3) is 0 Å². The molecule has 0 aromatic heterocycles. The molecule has 2 rings (SSSR count). The average molecular weight is 299 g/mol. The molecule has 0 spiro atoms. The molecule has 2 fully saturated rings. The second-order valence-corrected chi connectivity index (χ2v) is 8.13. The zero-order valence-electron chi connectivity index (χ0n) is 12.9. The summed E-state index contributed by atoms with van der Waals surface area (Å²) in [7, 11) is 0. The molecule has 0 bridgehead atoms. The molecule has 3 unspecified atom stereocenters. The van der Waals surface area contributed by atoms with Crippen molar-refractivity contribution in [3.8, 4) is 0 Å². The van der Waals surface area contributed by atoms with Crippen LogP contribution in [0.2, 0.25) is 0 Å². The Morgan fingerprint density at radius 2 is 1.80 bits per heavy atom. The number of carbonyl (C=O) groups excluding carboxylic acids is 1. The van der Waals surface area contributed by atoms with Crippen molar-refractivity contribution in [3.05, 3.63) is 0 Å². The van der Waals surface area contributed by atoms with E-state index < -0.39 is 0 Å². The Hall–Kier alpha value is -0.260. The number of hydrogen-bond acceptors (Lipinski definition) is 4. The predicted molar refractivity (Wildman–Crippen MR) is 86.0 cm³/mol. The van der Waals surface area contributed by atoms with Crippen molar-refractivity contribution in [1.29, 1.82) is 0 Å². The summed E-state index contributed by atoms with van der Waals surface area (Å²) >= 11 is 2.04. The van der Waals surface area contributed by atoms with Crippen LogP contribution >= 0.6 is 11.8 Å². The maximum Gasteiger partial charge on any atom is 0.224 e. The lowest BCUT2D eigenvalue weighted by Crippen LogP contribution is -2.51. The van der Waals surface area contributed by atoms with Gasteiger partial charge in [-0.05, 0) is 19.3 Å². The standard InChI is InChI=1S/C15H29N3OS/c1-12-10-18(11-13(2)20-12)14(9-16)8-15(19)17-6-4-3-5-7-17/h12-14H,3-11,16H2,1-2H3.